The molecule has 0 radical (unpaired) electrons. The highest BCUT2D eigenvalue weighted by Crippen LogP contribution is 2.30. The molecule has 1 atom stereocenters. The van der Waals surface area contributed by atoms with Gasteiger partial charge in [0.2, 0.25) is 0 Å². The Bertz CT molecular complexity index is 815. The maximum absolute atomic E-state index is 6.30. The van der Waals surface area contributed by atoms with Gasteiger partial charge in [0.1, 0.15) is 6.23 Å². The molecule has 0 N–H and O–H groups in total. The standard InChI is InChI=1S/C20H19ClN2O/c21-18-8-4-5-9-19(18)22-11-10-17(15-22)20-23(12-13-24-20)14-16-6-2-1-3-7-16/h1-11,15,20H,12-14H2/t20-/m0/s1. The van der Waals surface area contributed by atoms with E-state index >= 15 is 0 Å². The van der Waals surface area contributed by atoms with Crippen molar-refractivity contribution in [2.75, 3.05) is 13.2 Å². The van der Waals surface area contributed by atoms with Crippen LogP contribution in [0.2, 0.25) is 5.02 Å². The SMILES string of the molecule is Clc1ccccc1-n1ccc([C@@H]2OCCN2Cc2ccccc2)c1. The predicted molar refractivity (Wildman–Crippen MR) is 96.3 cm³/mol. The molecule has 2 heterocycles. The zero-order chi connectivity index (χ0) is 16.4. The zero-order valence-corrected chi connectivity index (χ0v) is 14.1. The van der Waals surface area contributed by atoms with E-state index in [0.29, 0.717) is 0 Å². The Labute approximate surface area is 147 Å². The van der Waals surface area contributed by atoms with Crippen molar-refractivity contribution in [1.82, 2.24) is 9.47 Å². The van der Waals surface area contributed by atoms with Crippen LogP contribution in [0, 0.1) is 0 Å². The minimum Gasteiger partial charge on any atom is -0.357 e. The molecular weight excluding hydrogens is 320 g/mol. The lowest BCUT2D eigenvalue weighted by atomic mass is 10.2. The summed E-state index contributed by atoms with van der Waals surface area (Å²) in [5.41, 5.74) is 3.44. The molecule has 0 amide bonds. The first kappa shape index (κ1) is 15.5. The summed E-state index contributed by atoms with van der Waals surface area (Å²) in [6, 6.07) is 20.5. The molecule has 1 aliphatic rings. The molecule has 1 fully saturated rings. The van der Waals surface area contributed by atoms with Crippen LogP contribution in [0.4, 0.5) is 0 Å². The molecule has 1 saturated heterocycles. The minimum absolute atomic E-state index is 0.00561. The highest BCUT2D eigenvalue weighted by atomic mass is 35.5. The van der Waals surface area contributed by atoms with Crippen molar-refractivity contribution in [3.63, 3.8) is 0 Å². The number of para-hydroxylation sites is 1. The Morgan fingerprint density at radius 1 is 1.00 bits per heavy atom. The van der Waals surface area contributed by atoms with E-state index in [2.05, 4.69) is 46.0 Å². The van der Waals surface area contributed by atoms with Crippen molar-refractivity contribution in [3.8, 4) is 5.69 Å². The Kier molecular flexibility index (Phi) is 4.39. The molecule has 0 saturated carbocycles. The molecule has 0 aliphatic carbocycles. The Morgan fingerprint density at radius 2 is 1.79 bits per heavy atom. The van der Waals surface area contributed by atoms with Gasteiger partial charge in [-0.25, -0.2) is 0 Å². The van der Waals surface area contributed by atoms with Gasteiger partial charge >= 0.3 is 0 Å². The van der Waals surface area contributed by atoms with E-state index in [9.17, 15) is 0 Å². The summed E-state index contributed by atoms with van der Waals surface area (Å²) < 4.78 is 8.04. The molecule has 2 aromatic carbocycles. The van der Waals surface area contributed by atoms with Crippen LogP contribution in [0.1, 0.15) is 17.4 Å². The predicted octanol–water partition coefficient (Wildman–Crippen LogP) is 4.66. The van der Waals surface area contributed by atoms with Crippen LogP contribution in [0.3, 0.4) is 0 Å². The summed E-state index contributed by atoms with van der Waals surface area (Å²) in [6.45, 7) is 2.59. The molecule has 24 heavy (non-hydrogen) atoms. The maximum Gasteiger partial charge on any atom is 0.138 e. The smallest absolute Gasteiger partial charge is 0.138 e. The monoisotopic (exact) mass is 338 g/mol. The third-order valence-corrected chi connectivity index (χ3v) is 4.67. The molecule has 122 valence electrons. The fourth-order valence-electron chi connectivity index (χ4n) is 3.16. The minimum atomic E-state index is -0.00561. The van der Waals surface area contributed by atoms with E-state index in [-0.39, 0.29) is 6.23 Å². The molecule has 1 aliphatic heterocycles. The van der Waals surface area contributed by atoms with Gasteiger partial charge in [0.05, 0.1) is 17.3 Å². The number of hydrogen-bond acceptors (Lipinski definition) is 2. The van der Waals surface area contributed by atoms with E-state index in [1.807, 2.05) is 36.5 Å². The summed E-state index contributed by atoms with van der Waals surface area (Å²) >= 11 is 6.30. The van der Waals surface area contributed by atoms with Gasteiger partial charge < -0.3 is 9.30 Å². The van der Waals surface area contributed by atoms with Crippen molar-refractivity contribution in [1.29, 1.82) is 0 Å². The largest absolute Gasteiger partial charge is 0.357 e. The van der Waals surface area contributed by atoms with Gasteiger partial charge in [0.25, 0.3) is 0 Å². The van der Waals surface area contributed by atoms with Gasteiger partial charge in [-0.15, -0.1) is 0 Å². The first-order valence-corrected chi connectivity index (χ1v) is 8.51. The Balaban J connectivity index is 1.56. The second-order valence-corrected chi connectivity index (χ2v) is 6.39. The quantitative estimate of drug-likeness (QED) is 0.688. The van der Waals surface area contributed by atoms with Crippen molar-refractivity contribution >= 4 is 11.6 Å². The average Bonchev–Trinajstić information content (AvgIpc) is 3.25. The van der Waals surface area contributed by atoms with E-state index < -0.39 is 0 Å². The van der Waals surface area contributed by atoms with Gasteiger partial charge in [-0.1, -0.05) is 54.1 Å². The maximum atomic E-state index is 6.30. The lowest BCUT2D eigenvalue weighted by Crippen LogP contribution is -2.23. The summed E-state index contributed by atoms with van der Waals surface area (Å²) in [5.74, 6) is 0. The molecule has 4 heteroatoms. The zero-order valence-electron chi connectivity index (χ0n) is 13.3. The number of rotatable bonds is 4. The van der Waals surface area contributed by atoms with Gasteiger partial charge in [0.15, 0.2) is 0 Å². The number of ether oxygens (including phenoxy) is 1. The third-order valence-electron chi connectivity index (χ3n) is 4.35. The normalized spacial score (nSPS) is 18.1. The average molecular weight is 339 g/mol. The number of benzene rings is 2. The fourth-order valence-corrected chi connectivity index (χ4v) is 3.39. The molecule has 0 spiro atoms. The van der Waals surface area contributed by atoms with Crippen molar-refractivity contribution in [2.45, 2.75) is 12.8 Å². The number of aromatic nitrogens is 1. The number of halogens is 1. The van der Waals surface area contributed by atoms with E-state index in [1.165, 1.54) is 5.56 Å². The highest BCUT2D eigenvalue weighted by molar-refractivity contribution is 6.32. The highest BCUT2D eigenvalue weighted by Gasteiger charge is 2.27. The van der Waals surface area contributed by atoms with E-state index in [1.54, 1.807) is 0 Å². The summed E-state index contributed by atoms with van der Waals surface area (Å²) in [4.78, 5) is 2.36. The van der Waals surface area contributed by atoms with Gasteiger partial charge in [-0.3, -0.25) is 4.90 Å². The van der Waals surface area contributed by atoms with Crippen molar-refractivity contribution in [2.24, 2.45) is 0 Å². The van der Waals surface area contributed by atoms with Crippen molar-refractivity contribution in [3.05, 3.63) is 89.2 Å². The van der Waals surface area contributed by atoms with Crippen LogP contribution in [-0.4, -0.2) is 22.6 Å². The van der Waals surface area contributed by atoms with Gasteiger partial charge in [-0.05, 0) is 23.8 Å². The Morgan fingerprint density at radius 3 is 2.62 bits per heavy atom. The van der Waals surface area contributed by atoms with E-state index in [4.69, 9.17) is 16.3 Å². The van der Waals surface area contributed by atoms with Crippen molar-refractivity contribution < 1.29 is 4.74 Å². The topological polar surface area (TPSA) is 17.4 Å². The van der Waals surface area contributed by atoms with E-state index in [0.717, 1.165) is 36.0 Å². The van der Waals surface area contributed by atoms with Crippen LogP contribution in [-0.2, 0) is 11.3 Å². The first-order chi connectivity index (χ1) is 11.8. The van der Waals surface area contributed by atoms with Crippen LogP contribution >= 0.6 is 11.6 Å². The molecule has 1 aromatic heterocycles. The fraction of sp³-hybridized carbons (Fsp3) is 0.200. The van der Waals surface area contributed by atoms with Gasteiger partial charge in [0, 0.05) is 31.0 Å². The first-order valence-electron chi connectivity index (χ1n) is 8.13. The van der Waals surface area contributed by atoms with Crippen LogP contribution in [0.15, 0.2) is 73.1 Å². The molecule has 0 unspecified atom stereocenters. The molecule has 0 bridgehead atoms. The van der Waals surface area contributed by atoms with Crippen LogP contribution in [0.5, 0.6) is 0 Å². The lowest BCUT2D eigenvalue weighted by molar-refractivity contribution is 0.0288. The van der Waals surface area contributed by atoms with Crippen LogP contribution in [0.25, 0.3) is 5.69 Å². The Hall–Kier alpha value is -2.07. The van der Waals surface area contributed by atoms with Gasteiger partial charge in [-0.2, -0.15) is 0 Å². The summed E-state index contributed by atoms with van der Waals surface area (Å²) in [7, 11) is 0. The molecular formula is C20H19ClN2O. The molecule has 3 nitrogen and oxygen atoms in total. The lowest BCUT2D eigenvalue weighted by Gasteiger charge is -2.22. The number of hydrogen-bond donors (Lipinski definition) is 0. The summed E-state index contributed by atoms with van der Waals surface area (Å²) in [6.07, 6.45) is 4.14. The number of nitrogens with zero attached hydrogens (tertiary/aromatic N) is 2. The third kappa shape index (κ3) is 3.11. The molecule has 3 aromatic rings. The van der Waals surface area contributed by atoms with Crippen LogP contribution < -0.4 is 0 Å². The second kappa shape index (κ2) is 6.81. The summed E-state index contributed by atoms with van der Waals surface area (Å²) in [5, 5.41) is 0.744. The second-order valence-electron chi connectivity index (χ2n) is 5.98. The molecule has 4 rings (SSSR count).